The van der Waals surface area contributed by atoms with E-state index in [1.54, 1.807) is 36.3 Å². The maximum absolute atomic E-state index is 12.3. The summed E-state index contributed by atoms with van der Waals surface area (Å²) >= 11 is 1.37. The lowest BCUT2D eigenvalue weighted by Gasteiger charge is -2.18. The second-order valence-corrected chi connectivity index (χ2v) is 7.22. The van der Waals surface area contributed by atoms with Gasteiger partial charge >= 0.3 is 0 Å². The molecule has 1 heterocycles. The Bertz CT molecular complexity index is 997. The van der Waals surface area contributed by atoms with Crippen LogP contribution in [0.25, 0.3) is 10.2 Å². The zero-order valence-electron chi connectivity index (χ0n) is 16.6. The van der Waals surface area contributed by atoms with E-state index in [-0.39, 0.29) is 18.4 Å². The topological polar surface area (TPSA) is 80.8 Å². The monoisotopic (exact) mass is 413 g/mol. The summed E-state index contributed by atoms with van der Waals surface area (Å²) in [5, 5.41) is 3.24. The van der Waals surface area contributed by atoms with Crippen molar-refractivity contribution in [1.29, 1.82) is 0 Å². The molecule has 0 spiro atoms. The predicted octanol–water partition coefficient (Wildman–Crippen LogP) is 3.80. The highest BCUT2D eigenvalue weighted by atomic mass is 32.1. The molecule has 0 fully saturated rings. The van der Waals surface area contributed by atoms with Gasteiger partial charge < -0.3 is 14.4 Å². The van der Waals surface area contributed by atoms with Crippen LogP contribution in [0.15, 0.2) is 42.5 Å². The number of hydrogen-bond donors (Lipinski definition) is 1. The number of nitrogens with zero attached hydrogens (tertiary/aromatic N) is 2. The lowest BCUT2D eigenvalue weighted by atomic mass is 10.2. The van der Waals surface area contributed by atoms with Crippen LogP contribution < -0.4 is 14.8 Å². The van der Waals surface area contributed by atoms with Crippen LogP contribution in [0, 0.1) is 0 Å². The standard InChI is InChI=1S/C21H23N3O4S/c1-4-24(5-2)20(26)14-6-8-15(9-7-14)28-13-19(25)23-21-22-17-11-10-16(27-3)12-18(17)29-21/h6-12H,4-5,13H2,1-3H3,(H,22,23,25). The zero-order chi connectivity index (χ0) is 20.8. The van der Waals surface area contributed by atoms with Crippen molar-refractivity contribution in [2.45, 2.75) is 13.8 Å². The molecule has 0 unspecified atom stereocenters. The van der Waals surface area contributed by atoms with Gasteiger partial charge in [0, 0.05) is 18.7 Å². The first-order valence-electron chi connectivity index (χ1n) is 9.30. The Morgan fingerprint density at radius 3 is 2.41 bits per heavy atom. The van der Waals surface area contributed by atoms with Crippen LogP contribution in [0.3, 0.4) is 0 Å². The molecular weight excluding hydrogens is 390 g/mol. The molecule has 0 bridgehead atoms. The molecule has 0 atom stereocenters. The minimum Gasteiger partial charge on any atom is -0.497 e. The minimum atomic E-state index is -0.306. The lowest BCUT2D eigenvalue weighted by molar-refractivity contribution is -0.118. The summed E-state index contributed by atoms with van der Waals surface area (Å²) < 4.78 is 11.6. The van der Waals surface area contributed by atoms with Crippen molar-refractivity contribution < 1.29 is 19.1 Å². The number of thiazole rings is 1. The molecule has 1 aromatic heterocycles. The number of benzene rings is 2. The average molecular weight is 413 g/mol. The molecule has 8 heteroatoms. The third kappa shape index (κ3) is 5.03. The average Bonchev–Trinajstić information content (AvgIpc) is 3.14. The lowest BCUT2D eigenvalue weighted by Crippen LogP contribution is -2.30. The van der Waals surface area contributed by atoms with E-state index in [0.717, 1.165) is 16.0 Å². The van der Waals surface area contributed by atoms with Crippen LogP contribution in [0.5, 0.6) is 11.5 Å². The molecule has 0 aliphatic carbocycles. The highest BCUT2D eigenvalue weighted by molar-refractivity contribution is 7.22. The van der Waals surface area contributed by atoms with Gasteiger partial charge in [-0.1, -0.05) is 11.3 Å². The van der Waals surface area contributed by atoms with Crippen LogP contribution >= 0.6 is 11.3 Å². The fourth-order valence-corrected chi connectivity index (χ4v) is 3.69. The highest BCUT2D eigenvalue weighted by Crippen LogP contribution is 2.29. The molecule has 1 N–H and O–H groups in total. The maximum Gasteiger partial charge on any atom is 0.264 e. The number of fused-ring (bicyclic) bond motifs is 1. The Balaban J connectivity index is 1.56. The Morgan fingerprint density at radius 1 is 1.07 bits per heavy atom. The Morgan fingerprint density at radius 2 is 1.76 bits per heavy atom. The number of aromatic nitrogens is 1. The summed E-state index contributed by atoms with van der Waals surface area (Å²) in [5.74, 6) is 0.932. The molecule has 0 aliphatic rings. The first-order chi connectivity index (χ1) is 14.0. The van der Waals surface area contributed by atoms with Gasteiger partial charge in [0.05, 0.1) is 17.3 Å². The summed E-state index contributed by atoms with van der Waals surface area (Å²) in [6.45, 7) is 5.06. The second-order valence-electron chi connectivity index (χ2n) is 6.19. The zero-order valence-corrected chi connectivity index (χ0v) is 17.4. The molecule has 29 heavy (non-hydrogen) atoms. The first-order valence-corrected chi connectivity index (χ1v) is 10.1. The van der Waals surface area contributed by atoms with E-state index >= 15 is 0 Å². The number of carbonyl (C=O) groups is 2. The summed E-state index contributed by atoms with van der Waals surface area (Å²) in [5.41, 5.74) is 1.39. The van der Waals surface area contributed by atoms with Gasteiger partial charge in [0.25, 0.3) is 11.8 Å². The summed E-state index contributed by atoms with van der Waals surface area (Å²) in [7, 11) is 1.61. The maximum atomic E-state index is 12.3. The number of rotatable bonds is 8. The number of anilines is 1. The fourth-order valence-electron chi connectivity index (χ4n) is 2.78. The molecule has 0 radical (unpaired) electrons. The van der Waals surface area contributed by atoms with Crippen molar-refractivity contribution in [3.8, 4) is 11.5 Å². The number of carbonyl (C=O) groups excluding carboxylic acids is 2. The van der Waals surface area contributed by atoms with Gasteiger partial charge in [0.15, 0.2) is 11.7 Å². The van der Waals surface area contributed by atoms with Gasteiger partial charge in [-0.25, -0.2) is 4.98 Å². The van der Waals surface area contributed by atoms with Crippen molar-refractivity contribution in [2.75, 3.05) is 32.1 Å². The number of nitrogens with one attached hydrogen (secondary N) is 1. The highest BCUT2D eigenvalue weighted by Gasteiger charge is 2.13. The van der Waals surface area contributed by atoms with E-state index in [2.05, 4.69) is 10.3 Å². The van der Waals surface area contributed by atoms with Crippen LogP contribution in [-0.2, 0) is 4.79 Å². The second kappa shape index (κ2) is 9.38. The number of methoxy groups -OCH3 is 1. The van der Waals surface area contributed by atoms with Crippen molar-refractivity contribution >= 4 is 38.5 Å². The van der Waals surface area contributed by atoms with E-state index in [1.807, 2.05) is 32.0 Å². The predicted molar refractivity (Wildman–Crippen MR) is 114 cm³/mol. The smallest absolute Gasteiger partial charge is 0.264 e. The molecule has 0 aliphatic heterocycles. The quantitative estimate of drug-likeness (QED) is 0.607. The first kappa shape index (κ1) is 20.6. The van der Waals surface area contributed by atoms with Crippen molar-refractivity contribution in [3.05, 3.63) is 48.0 Å². The van der Waals surface area contributed by atoms with Gasteiger partial charge in [-0.3, -0.25) is 14.9 Å². The normalized spacial score (nSPS) is 10.6. The summed E-state index contributed by atoms with van der Waals surface area (Å²) in [6, 6.07) is 12.3. The van der Waals surface area contributed by atoms with E-state index < -0.39 is 0 Å². The number of ether oxygens (including phenoxy) is 2. The van der Waals surface area contributed by atoms with E-state index in [0.29, 0.717) is 29.5 Å². The van der Waals surface area contributed by atoms with Gasteiger partial charge in [-0.2, -0.15) is 0 Å². The molecule has 3 aromatic rings. The fraction of sp³-hybridized carbons (Fsp3) is 0.286. The van der Waals surface area contributed by atoms with E-state index in [1.165, 1.54) is 11.3 Å². The molecule has 0 saturated carbocycles. The van der Waals surface area contributed by atoms with Crippen molar-refractivity contribution in [2.24, 2.45) is 0 Å². The molecule has 2 amide bonds. The SMILES string of the molecule is CCN(CC)C(=O)c1ccc(OCC(=O)Nc2nc3ccc(OC)cc3s2)cc1. The van der Waals surface area contributed by atoms with Gasteiger partial charge in [-0.15, -0.1) is 0 Å². The van der Waals surface area contributed by atoms with Crippen LogP contribution in [0.2, 0.25) is 0 Å². The Labute approximate surface area is 173 Å². The van der Waals surface area contributed by atoms with E-state index in [4.69, 9.17) is 9.47 Å². The summed E-state index contributed by atoms with van der Waals surface area (Å²) in [6.07, 6.45) is 0. The van der Waals surface area contributed by atoms with Crippen LogP contribution in [-0.4, -0.2) is 48.5 Å². The minimum absolute atomic E-state index is 0.0215. The number of amides is 2. The molecule has 152 valence electrons. The summed E-state index contributed by atoms with van der Waals surface area (Å²) in [4.78, 5) is 30.6. The number of hydrogen-bond acceptors (Lipinski definition) is 6. The largest absolute Gasteiger partial charge is 0.497 e. The van der Waals surface area contributed by atoms with Gasteiger partial charge in [0.1, 0.15) is 11.5 Å². The Kier molecular flexibility index (Phi) is 6.66. The third-order valence-corrected chi connectivity index (χ3v) is 5.30. The van der Waals surface area contributed by atoms with Gasteiger partial charge in [0.2, 0.25) is 0 Å². The molecule has 3 rings (SSSR count). The molecule has 2 aromatic carbocycles. The third-order valence-electron chi connectivity index (χ3n) is 4.36. The molecular formula is C21H23N3O4S. The van der Waals surface area contributed by atoms with Crippen molar-refractivity contribution in [1.82, 2.24) is 9.88 Å². The van der Waals surface area contributed by atoms with Crippen molar-refractivity contribution in [3.63, 3.8) is 0 Å². The molecule has 0 saturated heterocycles. The van der Waals surface area contributed by atoms with Crippen LogP contribution in [0.1, 0.15) is 24.2 Å². The van der Waals surface area contributed by atoms with Gasteiger partial charge in [-0.05, 0) is 56.3 Å². The van der Waals surface area contributed by atoms with E-state index in [9.17, 15) is 9.59 Å². The Hall–Kier alpha value is -3.13. The van der Waals surface area contributed by atoms with Crippen LogP contribution in [0.4, 0.5) is 5.13 Å². The molecule has 7 nitrogen and oxygen atoms in total.